The second kappa shape index (κ2) is 8.27. The van der Waals surface area contributed by atoms with Crippen molar-refractivity contribution < 1.29 is 4.79 Å². The van der Waals surface area contributed by atoms with E-state index in [2.05, 4.69) is 34.5 Å². The summed E-state index contributed by atoms with van der Waals surface area (Å²) in [6.45, 7) is 0.309. The molecule has 3 rings (SSSR count). The van der Waals surface area contributed by atoms with Gasteiger partial charge in [0.15, 0.2) is 0 Å². The van der Waals surface area contributed by atoms with Crippen molar-refractivity contribution in [1.29, 1.82) is 0 Å². The van der Waals surface area contributed by atoms with Gasteiger partial charge in [-0.3, -0.25) is 9.69 Å². The first-order chi connectivity index (χ1) is 12.2. The largest absolute Gasteiger partial charge is 0.325 e. The highest BCUT2D eigenvalue weighted by Crippen LogP contribution is 2.27. The average molecular weight is 330 g/mol. The van der Waals surface area contributed by atoms with Crippen molar-refractivity contribution in [2.45, 2.75) is 6.04 Å². The van der Waals surface area contributed by atoms with Gasteiger partial charge in [-0.15, -0.1) is 0 Å². The van der Waals surface area contributed by atoms with E-state index in [0.29, 0.717) is 6.54 Å². The molecule has 25 heavy (non-hydrogen) atoms. The first-order valence-electron chi connectivity index (χ1n) is 8.39. The van der Waals surface area contributed by atoms with Crippen molar-refractivity contribution in [3.05, 3.63) is 102 Å². The molecule has 3 nitrogen and oxygen atoms in total. The van der Waals surface area contributed by atoms with Gasteiger partial charge in [0.25, 0.3) is 0 Å². The number of carbonyl (C=O) groups is 1. The number of nitrogens with zero attached hydrogens (tertiary/aromatic N) is 1. The molecular weight excluding hydrogens is 308 g/mol. The number of amides is 1. The lowest BCUT2D eigenvalue weighted by Crippen LogP contribution is -2.33. The maximum Gasteiger partial charge on any atom is 0.238 e. The number of likely N-dealkylation sites (N-methyl/N-ethyl adjacent to an activating group) is 1. The minimum Gasteiger partial charge on any atom is -0.325 e. The Morgan fingerprint density at radius 1 is 0.800 bits per heavy atom. The second-order valence-electron chi connectivity index (χ2n) is 6.05. The van der Waals surface area contributed by atoms with E-state index in [0.717, 1.165) is 5.69 Å². The molecule has 0 spiro atoms. The molecule has 3 aromatic carbocycles. The van der Waals surface area contributed by atoms with Gasteiger partial charge in [-0.05, 0) is 30.3 Å². The summed E-state index contributed by atoms with van der Waals surface area (Å²) in [4.78, 5) is 14.5. The summed E-state index contributed by atoms with van der Waals surface area (Å²) < 4.78 is 0. The van der Waals surface area contributed by atoms with Crippen LogP contribution in [-0.2, 0) is 4.79 Å². The van der Waals surface area contributed by atoms with Crippen LogP contribution in [0.1, 0.15) is 17.2 Å². The van der Waals surface area contributed by atoms with Gasteiger partial charge in [0, 0.05) is 5.69 Å². The van der Waals surface area contributed by atoms with Crippen LogP contribution in [0.3, 0.4) is 0 Å². The fraction of sp³-hybridized carbons (Fsp3) is 0.136. The third kappa shape index (κ3) is 4.55. The van der Waals surface area contributed by atoms with E-state index < -0.39 is 0 Å². The zero-order valence-corrected chi connectivity index (χ0v) is 14.3. The topological polar surface area (TPSA) is 32.3 Å². The molecule has 0 saturated heterocycles. The molecule has 0 aliphatic rings. The number of hydrogen-bond donors (Lipinski definition) is 1. The molecule has 0 heterocycles. The highest BCUT2D eigenvalue weighted by molar-refractivity contribution is 5.92. The molecule has 0 aliphatic heterocycles. The first-order valence-corrected chi connectivity index (χ1v) is 8.39. The highest BCUT2D eigenvalue weighted by atomic mass is 16.2. The van der Waals surface area contributed by atoms with E-state index >= 15 is 0 Å². The zero-order chi connectivity index (χ0) is 17.5. The third-order valence-electron chi connectivity index (χ3n) is 4.12. The van der Waals surface area contributed by atoms with Crippen LogP contribution in [0.25, 0.3) is 0 Å². The maximum atomic E-state index is 12.4. The van der Waals surface area contributed by atoms with Gasteiger partial charge in [0.05, 0.1) is 12.6 Å². The SMILES string of the molecule is CN(CC(=O)Nc1ccccc1)C(c1ccccc1)c1ccccc1. The lowest BCUT2D eigenvalue weighted by Gasteiger charge is -2.28. The average Bonchev–Trinajstić information content (AvgIpc) is 2.64. The summed E-state index contributed by atoms with van der Waals surface area (Å²) in [5.41, 5.74) is 3.16. The molecule has 3 aromatic rings. The fourth-order valence-corrected chi connectivity index (χ4v) is 3.01. The van der Waals surface area contributed by atoms with E-state index in [1.165, 1.54) is 11.1 Å². The van der Waals surface area contributed by atoms with E-state index in [-0.39, 0.29) is 11.9 Å². The minimum atomic E-state index is -0.0226. The highest BCUT2D eigenvalue weighted by Gasteiger charge is 2.21. The van der Waals surface area contributed by atoms with Gasteiger partial charge >= 0.3 is 0 Å². The van der Waals surface area contributed by atoms with Crippen LogP contribution >= 0.6 is 0 Å². The van der Waals surface area contributed by atoms with E-state index in [4.69, 9.17) is 0 Å². The molecule has 126 valence electrons. The normalized spacial score (nSPS) is 10.8. The number of rotatable bonds is 6. The van der Waals surface area contributed by atoms with Crippen LogP contribution in [0.2, 0.25) is 0 Å². The standard InChI is InChI=1S/C22H22N2O/c1-24(17-21(25)23-20-15-9-4-10-16-20)22(18-11-5-2-6-12-18)19-13-7-3-8-14-19/h2-16,22H,17H2,1H3,(H,23,25). The lowest BCUT2D eigenvalue weighted by atomic mass is 9.97. The van der Waals surface area contributed by atoms with Gasteiger partial charge in [-0.25, -0.2) is 0 Å². The van der Waals surface area contributed by atoms with Gasteiger partial charge in [0.1, 0.15) is 0 Å². The van der Waals surface area contributed by atoms with Gasteiger partial charge < -0.3 is 5.32 Å². The molecular formula is C22H22N2O. The Bertz CT molecular complexity index is 749. The zero-order valence-electron chi connectivity index (χ0n) is 14.3. The van der Waals surface area contributed by atoms with Crippen LogP contribution in [0, 0.1) is 0 Å². The van der Waals surface area contributed by atoms with Crippen molar-refractivity contribution in [2.75, 3.05) is 18.9 Å². The summed E-state index contributed by atoms with van der Waals surface area (Å²) >= 11 is 0. The number of benzene rings is 3. The van der Waals surface area contributed by atoms with Crippen molar-refractivity contribution >= 4 is 11.6 Å². The molecule has 0 unspecified atom stereocenters. The lowest BCUT2D eigenvalue weighted by molar-refractivity contribution is -0.117. The number of hydrogen-bond acceptors (Lipinski definition) is 2. The summed E-state index contributed by atoms with van der Waals surface area (Å²) in [6.07, 6.45) is 0. The molecule has 3 heteroatoms. The maximum absolute atomic E-state index is 12.4. The number of para-hydroxylation sites is 1. The Hall–Kier alpha value is -2.91. The fourth-order valence-electron chi connectivity index (χ4n) is 3.01. The minimum absolute atomic E-state index is 0.0226. The van der Waals surface area contributed by atoms with Gasteiger partial charge in [0.2, 0.25) is 5.91 Å². The smallest absolute Gasteiger partial charge is 0.238 e. The molecule has 1 amide bonds. The number of carbonyl (C=O) groups excluding carboxylic acids is 1. The molecule has 0 aromatic heterocycles. The summed E-state index contributed by atoms with van der Waals surface area (Å²) in [6, 6.07) is 30.1. The van der Waals surface area contributed by atoms with Gasteiger partial charge in [-0.1, -0.05) is 78.9 Å². The Balaban J connectivity index is 1.78. The molecule has 1 N–H and O–H groups in total. The molecule has 0 aliphatic carbocycles. The predicted molar refractivity (Wildman–Crippen MR) is 102 cm³/mol. The van der Waals surface area contributed by atoms with Crippen LogP contribution in [0.4, 0.5) is 5.69 Å². The van der Waals surface area contributed by atoms with Crippen molar-refractivity contribution in [2.24, 2.45) is 0 Å². The van der Waals surface area contributed by atoms with Crippen molar-refractivity contribution in [3.8, 4) is 0 Å². The Labute approximate surface area is 148 Å². The number of nitrogens with one attached hydrogen (secondary N) is 1. The monoisotopic (exact) mass is 330 g/mol. The molecule has 0 radical (unpaired) electrons. The van der Waals surface area contributed by atoms with Crippen LogP contribution in [-0.4, -0.2) is 24.4 Å². The summed E-state index contributed by atoms with van der Waals surface area (Å²) in [5.74, 6) is -0.0226. The van der Waals surface area contributed by atoms with Crippen molar-refractivity contribution in [1.82, 2.24) is 4.90 Å². The van der Waals surface area contributed by atoms with E-state index in [1.807, 2.05) is 73.8 Å². The Morgan fingerprint density at radius 3 is 1.72 bits per heavy atom. The third-order valence-corrected chi connectivity index (χ3v) is 4.12. The van der Waals surface area contributed by atoms with Crippen molar-refractivity contribution in [3.63, 3.8) is 0 Å². The predicted octanol–water partition coefficient (Wildman–Crippen LogP) is 4.35. The Morgan fingerprint density at radius 2 is 1.24 bits per heavy atom. The number of anilines is 1. The quantitative estimate of drug-likeness (QED) is 0.729. The summed E-state index contributed by atoms with van der Waals surface area (Å²) in [7, 11) is 1.98. The van der Waals surface area contributed by atoms with Crippen LogP contribution < -0.4 is 5.32 Å². The summed E-state index contributed by atoms with van der Waals surface area (Å²) in [5, 5.41) is 2.95. The van der Waals surface area contributed by atoms with Crippen LogP contribution in [0.5, 0.6) is 0 Å². The first kappa shape index (κ1) is 16.9. The Kier molecular flexibility index (Phi) is 5.60. The second-order valence-corrected chi connectivity index (χ2v) is 6.05. The molecule has 0 bridgehead atoms. The van der Waals surface area contributed by atoms with E-state index in [9.17, 15) is 4.79 Å². The molecule has 0 saturated carbocycles. The van der Waals surface area contributed by atoms with Gasteiger partial charge in [-0.2, -0.15) is 0 Å². The van der Waals surface area contributed by atoms with Crippen LogP contribution in [0.15, 0.2) is 91.0 Å². The molecule has 0 fully saturated rings. The van der Waals surface area contributed by atoms with E-state index in [1.54, 1.807) is 0 Å². The molecule has 0 atom stereocenters.